The van der Waals surface area contributed by atoms with Gasteiger partial charge in [0.2, 0.25) is 5.75 Å². The topological polar surface area (TPSA) is 54.0 Å². The minimum atomic E-state index is -0.407. The van der Waals surface area contributed by atoms with Gasteiger partial charge >= 0.3 is 5.97 Å². The molecule has 1 saturated carbocycles. The second kappa shape index (κ2) is 11.2. The molecule has 146 valence electrons. The Bertz CT molecular complexity index is 544. The lowest BCUT2D eigenvalue weighted by Gasteiger charge is -2.23. The van der Waals surface area contributed by atoms with Gasteiger partial charge in [-0.25, -0.2) is 4.79 Å². The second-order valence-corrected chi connectivity index (χ2v) is 6.93. The molecular formula is C20H29ClO5. The number of methoxy groups -OCH3 is 2. The molecule has 0 heterocycles. The van der Waals surface area contributed by atoms with Gasteiger partial charge in [-0.3, -0.25) is 0 Å². The predicted molar refractivity (Wildman–Crippen MR) is 102 cm³/mol. The molecule has 1 aliphatic carbocycles. The summed E-state index contributed by atoms with van der Waals surface area (Å²) < 4.78 is 22.2. The molecule has 0 saturated heterocycles. The van der Waals surface area contributed by atoms with Gasteiger partial charge in [0.1, 0.15) is 0 Å². The van der Waals surface area contributed by atoms with Crippen LogP contribution >= 0.6 is 11.6 Å². The summed E-state index contributed by atoms with van der Waals surface area (Å²) in [6.45, 7) is 0.977. The monoisotopic (exact) mass is 384 g/mol. The maximum atomic E-state index is 12.3. The van der Waals surface area contributed by atoms with E-state index in [9.17, 15) is 4.79 Å². The number of hydrogen-bond acceptors (Lipinski definition) is 5. The molecule has 0 atom stereocenters. The van der Waals surface area contributed by atoms with Crippen LogP contribution < -0.4 is 14.2 Å². The Kier molecular flexibility index (Phi) is 8.89. The van der Waals surface area contributed by atoms with Crippen LogP contribution in [0.2, 0.25) is 0 Å². The van der Waals surface area contributed by atoms with Crippen LogP contribution in [-0.4, -0.2) is 39.3 Å². The highest BCUT2D eigenvalue weighted by Crippen LogP contribution is 2.39. The van der Waals surface area contributed by atoms with Gasteiger partial charge in [-0.15, -0.1) is 11.6 Å². The molecule has 0 unspecified atom stereocenters. The number of rotatable bonds is 10. The molecule has 1 aromatic carbocycles. The van der Waals surface area contributed by atoms with Crippen molar-refractivity contribution in [3.63, 3.8) is 0 Å². The number of hydrogen-bond donors (Lipinski definition) is 0. The van der Waals surface area contributed by atoms with Crippen molar-refractivity contribution in [2.75, 3.05) is 33.3 Å². The van der Waals surface area contributed by atoms with Gasteiger partial charge in [0, 0.05) is 5.88 Å². The molecule has 1 aromatic rings. The lowest BCUT2D eigenvalue weighted by Crippen LogP contribution is -2.16. The summed E-state index contributed by atoms with van der Waals surface area (Å²) in [5.41, 5.74) is 0.384. The van der Waals surface area contributed by atoms with Crippen LogP contribution in [0, 0.1) is 5.92 Å². The number of alkyl halides is 1. The Morgan fingerprint density at radius 3 is 2.31 bits per heavy atom. The molecule has 0 bridgehead atoms. The van der Waals surface area contributed by atoms with Crippen molar-refractivity contribution in [2.45, 2.75) is 44.9 Å². The lowest BCUT2D eigenvalue weighted by atomic mass is 9.90. The fourth-order valence-corrected chi connectivity index (χ4v) is 3.33. The Labute approximate surface area is 160 Å². The molecule has 0 radical (unpaired) electrons. The lowest BCUT2D eigenvalue weighted by molar-refractivity contribution is 0.0499. The highest BCUT2D eigenvalue weighted by atomic mass is 35.5. The number of unbranched alkanes of at least 4 members (excludes halogenated alkanes) is 1. The summed E-state index contributed by atoms with van der Waals surface area (Å²) in [5.74, 6) is 2.21. The molecule has 6 heteroatoms. The first-order valence-corrected chi connectivity index (χ1v) is 9.85. The Morgan fingerprint density at radius 1 is 1.08 bits per heavy atom. The average molecular weight is 385 g/mol. The van der Waals surface area contributed by atoms with Crippen molar-refractivity contribution in [3.8, 4) is 17.2 Å². The quantitative estimate of drug-likeness (QED) is 0.328. The number of esters is 1. The van der Waals surface area contributed by atoms with Crippen LogP contribution in [0.5, 0.6) is 17.2 Å². The molecular weight excluding hydrogens is 356 g/mol. The molecule has 0 aromatic heterocycles. The van der Waals surface area contributed by atoms with E-state index >= 15 is 0 Å². The summed E-state index contributed by atoms with van der Waals surface area (Å²) in [5, 5.41) is 0. The number of ether oxygens (including phenoxy) is 4. The van der Waals surface area contributed by atoms with Crippen molar-refractivity contribution in [1.82, 2.24) is 0 Å². The van der Waals surface area contributed by atoms with Gasteiger partial charge < -0.3 is 18.9 Å². The molecule has 1 fully saturated rings. The third kappa shape index (κ3) is 5.97. The van der Waals surface area contributed by atoms with E-state index in [0.717, 1.165) is 12.8 Å². The smallest absolute Gasteiger partial charge is 0.338 e. The minimum Gasteiger partial charge on any atom is -0.493 e. The highest BCUT2D eigenvalue weighted by molar-refractivity contribution is 6.17. The molecule has 2 rings (SSSR count). The summed E-state index contributed by atoms with van der Waals surface area (Å²) in [4.78, 5) is 12.3. The van der Waals surface area contributed by atoms with Gasteiger partial charge in [0.25, 0.3) is 0 Å². The Morgan fingerprint density at radius 2 is 1.73 bits per heavy atom. The fraction of sp³-hybridized carbons (Fsp3) is 0.650. The van der Waals surface area contributed by atoms with E-state index < -0.39 is 5.97 Å². The average Bonchev–Trinajstić information content (AvgIpc) is 2.69. The van der Waals surface area contributed by atoms with E-state index in [0.29, 0.717) is 47.8 Å². The standard InChI is InChI=1S/C20H29ClO5/c1-23-17-12-16(20(22)25-11-7-6-10-21)13-18(24-2)19(17)26-14-15-8-4-3-5-9-15/h12-13,15H,3-11,14H2,1-2H3. The van der Waals surface area contributed by atoms with Gasteiger partial charge in [0.05, 0.1) is 33.0 Å². The van der Waals surface area contributed by atoms with Gasteiger partial charge in [-0.2, -0.15) is 0 Å². The summed E-state index contributed by atoms with van der Waals surface area (Å²) in [6, 6.07) is 3.28. The molecule has 0 amide bonds. The zero-order chi connectivity index (χ0) is 18.8. The van der Waals surface area contributed by atoms with Crippen LogP contribution in [0.15, 0.2) is 12.1 Å². The normalized spacial score (nSPS) is 14.7. The molecule has 1 aliphatic rings. The van der Waals surface area contributed by atoms with Crippen molar-refractivity contribution in [2.24, 2.45) is 5.92 Å². The Hall–Kier alpha value is -1.62. The van der Waals surface area contributed by atoms with Crippen molar-refractivity contribution < 1.29 is 23.7 Å². The predicted octanol–water partition coefficient (Wildman–Crippen LogP) is 4.84. The maximum Gasteiger partial charge on any atom is 0.338 e. The Balaban J connectivity index is 2.06. The third-order valence-electron chi connectivity index (χ3n) is 4.65. The summed E-state index contributed by atoms with van der Waals surface area (Å²) in [7, 11) is 3.11. The van der Waals surface area contributed by atoms with Gasteiger partial charge in [-0.05, 0) is 43.7 Å². The van der Waals surface area contributed by atoms with Crippen LogP contribution in [0.1, 0.15) is 55.3 Å². The van der Waals surface area contributed by atoms with Crippen LogP contribution in [-0.2, 0) is 4.74 Å². The zero-order valence-electron chi connectivity index (χ0n) is 15.7. The van der Waals surface area contributed by atoms with Gasteiger partial charge in [-0.1, -0.05) is 19.3 Å². The third-order valence-corrected chi connectivity index (χ3v) is 4.91. The van der Waals surface area contributed by atoms with Crippen molar-refractivity contribution in [3.05, 3.63) is 17.7 Å². The van der Waals surface area contributed by atoms with E-state index in [1.165, 1.54) is 32.1 Å². The first kappa shape index (κ1) is 20.7. The first-order valence-electron chi connectivity index (χ1n) is 9.31. The van der Waals surface area contributed by atoms with Crippen molar-refractivity contribution in [1.29, 1.82) is 0 Å². The van der Waals surface area contributed by atoms with Crippen LogP contribution in [0.25, 0.3) is 0 Å². The fourth-order valence-electron chi connectivity index (χ4n) is 3.14. The minimum absolute atomic E-state index is 0.343. The van der Waals surface area contributed by atoms with Crippen LogP contribution in [0.3, 0.4) is 0 Å². The van der Waals surface area contributed by atoms with E-state index in [1.807, 2.05) is 0 Å². The maximum absolute atomic E-state index is 12.3. The summed E-state index contributed by atoms with van der Waals surface area (Å²) >= 11 is 5.63. The van der Waals surface area contributed by atoms with Crippen LogP contribution in [0.4, 0.5) is 0 Å². The molecule has 0 spiro atoms. The van der Waals surface area contributed by atoms with E-state index in [4.69, 9.17) is 30.5 Å². The molecule has 0 aliphatic heterocycles. The van der Waals surface area contributed by atoms with Crippen molar-refractivity contribution >= 4 is 17.6 Å². The number of carbonyl (C=O) groups excluding carboxylic acids is 1. The van der Waals surface area contributed by atoms with E-state index in [-0.39, 0.29) is 0 Å². The number of carbonyl (C=O) groups is 1. The van der Waals surface area contributed by atoms with Gasteiger partial charge in [0.15, 0.2) is 11.5 Å². The largest absolute Gasteiger partial charge is 0.493 e. The zero-order valence-corrected chi connectivity index (χ0v) is 16.5. The SMILES string of the molecule is COc1cc(C(=O)OCCCCCl)cc(OC)c1OCC1CCCCC1. The molecule has 0 N–H and O–H groups in total. The molecule has 5 nitrogen and oxygen atoms in total. The van der Waals surface area contributed by atoms with E-state index in [1.54, 1.807) is 26.4 Å². The number of benzene rings is 1. The molecule has 26 heavy (non-hydrogen) atoms. The first-order chi connectivity index (χ1) is 12.7. The number of halogens is 1. The second-order valence-electron chi connectivity index (χ2n) is 6.56. The summed E-state index contributed by atoms with van der Waals surface area (Å²) in [6.07, 6.45) is 7.77. The highest BCUT2D eigenvalue weighted by Gasteiger charge is 2.21. The van der Waals surface area contributed by atoms with E-state index in [2.05, 4.69) is 0 Å².